The molecule has 0 bridgehead atoms. The van der Waals surface area contributed by atoms with Crippen molar-refractivity contribution in [3.05, 3.63) is 17.1 Å². The molecule has 3 rings (SSSR count). The number of aryl methyl sites for hydroxylation is 1. The number of anilines is 1. The Labute approximate surface area is 129 Å². The third-order valence-electron chi connectivity index (χ3n) is 4.96. The quantitative estimate of drug-likeness (QED) is 0.878. The Morgan fingerprint density at radius 1 is 0.952 bits per heavy atom. The Morgan fingerprint density at radius 2 is 1.71 bits per heavy atom. The summed E-state index contributed by atoms with van der Waals surface area (Å²) in [6.07, 6.45) is 14.2. The van der Waals surface area contributed by atoms with Crippen molar-refractivity contribution >= 4 is 5.82 Å². The second-order valence-corrected chi connectivity index (χ2v) is 6.68. The molecule has 1 aromatic heterocycles. The number of nitrogens with zero attached hydrogens (tertiary/aromatic N) is 2. The second kappa shape index (κ2) is 7.24. The summed E-state index contributed by atoms with van der Waals surface area (Å²) in [5.41, 5.74) is 2.73. The monoisotopic (exact) mass is 287 g/mol. The van der Waals surface area contributed by atoms with Crippen LogP contribution in [0.25, 0.3) is 0 Å². The molecule has 0 unspecified atom stereocenters. The van der Waals surface area contributed by atoms with E-state index in [4.69, 9.17) is 9.97 Å². The zero-order valence-corrected chi connectivity index (χ0v) is 13.5. The van der Waals surface area contributed by atoms with Crippen molar-refractivity contribution < 1.29 is 0 Å². The molecule has 1 N–H and O–H groups in total. The first kappa shape index (κ1) is 14.8. The number of rotatable bonds is 4. The third kappa shape index (κ3) is 3.56. The second-order valence-electron chi connectivity index (χ2n) is 6.68. The van der Waals surface area contributed by atoms with E-state index >= 15 is 0 Å². The van der Waals surface area contributed by atoms with Gasteiger partial charge in [0.2, 0.25) is 0 Å². The molecule has 0 amide bonds. The highest BCUT2D eigenvalue weighted by atomic mass is 15.0. The van der Waals surface area contributed by atoms with Gasteiger partial charge in [-0.15, -0.1) is 0 Å². The number of nitrogens with one attached hydrogen (secondary N) is 1. The molecule has 0 aromatic carbocycles. The maximum absolute atomic E-state index is 4.97. The fourth-order valence-electron chi connectivity index (χ4n) is 3.74. The molecule has 0 atom stereocenters. The molecular formula is C18H29N3. The van der Waals surface area contributed by atoms with Crippen molar-refractivity contribution in [3.63, 3.8) is 0 Å². The normalized spacial score (nSPS) is 19.9. The van der Waals surface area contributed by atoms with Crippen LogP contribution < -0.4 is 5.32 Å². The van der Waals surface area contributed by atoms with Crippen LogP contribution in [0.5, 0.6) is 0 Å². The standard InChI is InChI=1S/C18H29N3/c1-2-13-19-18-15-11-8-12-16(15)20-17(21-18)14-9-6-4-3-5-7-10-14/h14H,2-13H2,1H3,(H,19,20,21). The predicted octanol–water partition coefficient (Wildman–Crippen LogP) is 4.62. The van der Waals surface area contributed by atoms with Crippen LogP contribution in [0.2, 0.25) is 0 Å². The van der Waals surface area contributed by atoms with Gasteiger partial charge in [-0.2, -0.15) is 0 Å². The average molecular weight is 287 g/mol. The van der Waals surface area contributed by atoms with Gasteiger partial charge < -0.3 is 5.32 Å². The summed E-state index contributed by atoms with van der Waals surface area (Å²) in [5, 5.41) is 3.55. The molecule has 116 valence electrons. The minimum atomic E-state index is 0.596. The van der Waals surface area contributed by atoms with Crippen molar-refractivity contribution in [2.24, 2.45) is 0 Å². The molecule has 21 heavy (non-hydrogen) atoms. The number of hydrogen-bond acceptors (Lipinski definition) is 3. The molecule has 0 aliphatic heterocycles. The molecule has 1 saturated carbocycles. The lowest BCUT2D eigenvalue weighted by atomic mass is 9.90. The maximum atomic E-state index is 4.97. The van der Waals surface area contributed by atoms with Crippen LogP contribution in [0.3, 0.4) is 0 Å². The van der Waals surface area contributed by atoms with Crippen LogP contribution in [0, 0.1) is 0 Å². The van der Waals surface area contributed by atoms with Crippen molar-refractivity contribution in [1.29, 1.82) is 0 Å². The van der Waals surface area contributed by atoms with Gasteiger partial charge in [0, 0.05) is 23.7 Å². The van der Waals surface area contributed by atoms with Crippen molar-refractivity contribution in [1.82, 2.24) is 9.97 Å². The topological polar surface area (TPSA) is 37.8 Å². The summed E-state index contributed by atoms with van der Waals surface area (Å²) in [4.78, 5) is 9.92. The number of fused-ring (bicyclic) bond motifs is 1. The largest absolute Gasteiger partial charge is 0.370 e. The summed E-state index contributed by atoms with van der Waals surface area (Å²) in [7, 11) is 0. The summed E-state index contributed by atoms with van der Waals surface area (Å²) >= 11 is 0. The Bertz CT molecular complexity index is 462. The third-order valence-corrected chi connectivity index (χ3v) is 4.96. The molecule has 3 heteroatoms. The van der Waals surface area contributed by atoms with Gasteiger partial charge in [-0.1, -0.05) is 39.0 Å². The summed E-state index contributed by atoms with van der Waals surface area (Å²) in [5.74, 6) is 2.88. The van der Waals surface area contributed by atoms with Crippen LogP contribution in [0.4, 0.5) is 5.82 Å². The Balaban J connectivity index is 1.83. The minimum Gasteiger partial charge on any atom is -0.370 e. The summed E-state index contributed by atoms with van der Waals surface area (Å²) in [6, 6.07) is 0. The van der Waals surface area contributed by atoms with E-state index in [1.165, 1.54) is 62.6 Å². The van der Waals surface area contributed by atoms with Crippen LogP contribution in [-0.2, 0) is 12.8 Å². The molecule has 1 heterocycles. The molecule has 2 aliphatic carbocycles. The highest BCUT2D eigenvalue weighted by Crippen LogP contribution is 2.33. The van der Waals surface area contributed by atoms with Crippen LogP contribution in [-0.4, -0.2) is 16.5 Å². The van der Waals surface area contributed by atoms with E-state index in [1.54, 1.807) is 0 Å². The first-order chi connectivity index (χ1) is 10.4. The van der Waals surface area contributed by atoms with Gasteiger partial charge in [-0.05, 0) is 38.5 Å². The summed E-state index contributed by atoms with van der Waals surface area (Å²) < 4.78 is 0. The van der Waals surface area contributed by atoms with Gasteiger partial charge in [0.15, 0.2) is 0 Å². The van der Waals surface area contributed by atoms with E-state index in [9.17, 15) is 0 Å². The predicted molar refractivity (Wildman–Crippen MR) is 87.9 cm³/mol. The number of hydrogen-bond donors (Lipinski definition) is 1. The zero-order valence-electron chi connectivity index (χ0n) is 13.5. The van der Waals surface area contributed by atoms with Crippen LogP contribution >= 0.6 is 0 Å². The van der Waals surface area contributed by atoms with Crippen molar-refractivity contribution in [2.45, 2.75) is 83.5 Å². The Kier molecular flexibility index (Phi) is 5.10. The smallest absolute Gasteiger partial charge is 0.134 e. The molecule has 0 saturated heterocycles. The first-order valence-corrected chi connectivity index (χ1v) is 9.02. The molecule has 0 spiro atoms. The van der Waals surface area contributed by atoms with Crippen molar-refractivity contribution in [2.75, 3.05) is 11.9 Å². The van der Waals surface area contributed by atoms with Gasteiger partial charge in [0.05, 0.1) is 0 Å². The maximum Gasteiger partial charge on any atom is 0.134 e. The SMILES string of the molecule is CCCNc1nc(C2CCCCCCC2)nc2c1CCC2. The molecule has 1 fully saturated rings. The fourth-order valence-corrected chi connectivity index (χ4v) is 3.74. The van der Waals surface area contributed by atoms with Gasteiger partial charge in [0.25, 0.3) is 0 Å². The highest BCUT2D eigenvalue weighted by Gasteiger charge is 2.23. The molecule has 2 aliphatic rings. The fraction of sp³-hybridized carbons (Fsp3) is 0.778. The zero-order chi connectivity index (χ0) is 14.5. The average Bonchev–Trinajstić information content (AvgIpc) is 2.92. The van der Waals surface area contributed by atoms with Gasteiger partial charge in [-0.3, -0.25) is 0 Å². The number of aromatic nitrogens is 2. The molecule has 0 radical (unpaired) electrons. The molecule has 3 nitrogen and oxygen atoms in total. The van der Waals surface area contributed by atoms with Crippen molar-refractivity contribution in [3.8, 4) is 0 Å². The van der Waals surface area contributed by atoms with Crippen LogP contribution in [0.15, 0.2) is 0 Å². The lowest BCUT2D eigenvalue weighted by Crippen LogP contribution is -2.13. The van der Waals surface area contributed by atoms with Gasteiger partial charge in [-0.25, -0.2) is 9.97 Å². The van der Waals surface area contributed by atoms with E-state index in [-0.39, 0.29) is 0 Å². The van der Waals surface area contributed by atoms with E-state index in [1.807, 2.05) is 0 Å². The Morgan fingerprint density at radius 3 is 2.48 bits per heavy atom. The lowest BCUT2D eigenvalue weighted by molar-refractivity contribution is 0.442. The van der Waals surface area contributed by atoms with E-state index in [0.717, 1.165) is 37.4 Å². The van der Waals surface area contributed by atoms with Gasteiger partial charge >= 0.3 is 0 Å². The van der Waals surface area contributed by atoms with E-state index in [0.29, 0.717) is 5.92 Å². The summed E-state index contributed by atoms with van der Waals surface area (Å²) in [6.45, 7) is 3.23. The molecular weight excluding hydrogens is 258 g/mol. The highest BCUT2D eigenvalue weighted by molar-refractivity contribution is 5.49. The minimum absolute atomic E-state index is 0.596. The van der Waals surface area contributed by atoms with Crippen LogP contribution in [0.1, 0.15) is 87.7 Å². The Hall–Kier alpha value is -1.12. The van der Waals surface area contributed by atoms with Gasteiger partial charge in [0.1, 0.15) is 11.6 Å². The van der Waals surface area contributed by atoms with E-state index in [2.05, 4.69) is 12.2 Å². The van der Waals surface area contributed by atoms with E-state index < -0.39 is 0 Å². The lowest BCUT2D eigenvalue weighted by Gasteiger charge is -2.20. The first-order valence-electron chi connectivity index (χ1n) is 9.02. The molecule has 1 aromatic rings.